The zero-order valence-electron chi connectivity index (χ0n) is 12.6. The number of hydrogen-bond donors (Lipinski definition) is 2. The molecule has 0 spiro atoms. The molecule has 0 amide bonds. The molecule has 1 atom stereocenters. The highest BCUT2D eigenvalue weighted by Crippen LogP contribution is 2.24. The first-order valence-corrected chi connectivity index (χ1v) is 6.91. The fourth-order valence-electron chi connectivity index (χ4n) is 2.38. The van der Waals surface area contributed by atoms with Crippen molar-refractivity contribution in [3.05, 3.63) is 29.0 Å². The van der Waals surface area contributed by atoms with E-state index in [4.69, 9.17) is 4.52 Å². The number of aromatic amines is 1. The fourth-order valence-corrected chi connectivity index (χ4v) is 2.38. The van der Waals surface area contributed by atoms with Crippen molar-refractivity contribution in [2.45, 2.75) is 40.2 Å². The summed E-state index contributed by atoms with van der Waals surface area (Å²) >= 11 is 0. The molecule has 0 aliphatic heterocycles. The Hall–Kier alpha value is -2.44. The minimum Gasteiger partial charge on any atom is -0.366 e. The highest BCUT2D eigenvalue weighted by Gasteiger charge is 2.16. The molecule has 0 radical (unpaired) electrons. The minimum atomic E-state index is 0.180. The van der Waals surface area contributed by atoms with Crippen LogP contribution in [0.2, 0.25) is 0 Å². The van der Waals surface area contributed by atoms with Crippen molar-refractivity contribution in [2.24, 2.45) is 0 Å². The number of nitrogens with zero attached hydrogens (tertiary/aromatic N) is 4. The van der Waals surface area contributed by atoms with Crippen LogP contribution in [0.3, 0.4) is 0 Å². The Morgan fingerprint density at radius 3 is 2.81 bits per heavy atom. The normalized spacial score (nSPS) is 12.8. The summed E-state index contributed by atoms with van der Waals surface area (Å²) in [6.45, 7) is 7.81. The third-order valence-electron chi connectivity index (χ3n) is 3.28. The van der Waals surface area contributed by atoms with Gasteiger partial charge in [0.05, 0.1) is 11.4 Å². The molecule has 3 rings (SSSR count). The molecule has 3 heterocycles. The van der Waals surface area contributed by atoms with E-state index >= 15 is 0 Å². The molecule has 21 heavy (non-hydrogen) atoms. The maximum Gasteiger partial charge on any atom is 0.263 e. The van der Waals surface area contributed by atoms with Crippen LogP contribution in [0.15, 0.2) is 10.6 Å². The number of aromatic nitrogens is 5. The molecular weight excluding hydrogens is 268 g/mol. The number of nitrogens with one attached hydrogen (secondary N) is 2. The predicted molar refractivity (Wildman–Crippen MR) is 79.2 cm³/mol. The first kappa shape index (κ1) is 13.5. The van der Waals surface area contributed by atoms with E-state index in [0.717, 1.165) is 34.7 Å². The second-order valence-corrected chi connectivity index (χ2v) is 5.36. The summed E-state index contributed by atoms with van der Waals surface area (Å²) in [5, 5.41) is 15.4. The van der Waals surface area contributed by atoms with Gasteiger partial charge in [-0.05, 0) is 33.8 Å². The van der Waals surface area contributed by atoms with Crippen molar-refractivity contribution in [2.75, 3.05) is 5.32 Å². The van der Waals surface area contributed by atoms with E-state index in [1.54, 1.807) is 0 Å². The highest BCUT2D eigenvalue weighted by molar-refractivity contribution is 5.87. The van der Waals surface area contributed by atoms with E-state index in [0.29, 0.717) is 11.5 Å². The molecule has 0 aliphatic rings. The Labute approximate surface area is 122 Å². The molecule has 0 aliphatic carbocycles. The molecule has 0 saturated heterocycles. The lowest BCUT2D eigenvalue weighted by molar-refractivity contribution is 0.442. The molecular formula is C14H18N6O. The van der Waals surface area contributed by atoms with Gasteiger partial charge in [0.2, 0.25) is 0 Å². The third-order valence-corrected chi connectivity index (χ3v) is 3.28. The van der Waals surface area contributed by atoms with Gasteiger partial charge in [-0.15, -0.1) is 0 Å². The average Bonchev–Trinajstić information content (AvgIpc) is 2.96. The third kappa shape index (κ3) is 2.72. The zero-order chi connectivity index (χ0) is 15.0. The Balaban J connectivity index is 1.85. The number of H-pyrrole nitrogens is 1. The van der Waals surface area contributed by atoms with Gasteiger partial charge in [-0.3, -0.25) is 5.10 Å². The average molecular weight is 286 g/mol. The molecule has 3 aromatic rings. The van der Waals surface area contributed by atoms with Crippen molar-refractivity contribution in [3.63, 3.8) is 0 Å². The summed E-state index contributed by atoms with van der Waals surface area (Å²) < 4.78 is 5.21. The maximum atomic E-state index is 5.21. The van der Waals surface area contributed by atoms with E-state index < -0.39 is 0 Å². The lowest BCUT2D eigenvalue weighted by Crippen LogP contribution is -2.19. The van der Waals surface area contributed by atoms with E-state index in [2.05, 4.69) is 37.6 Å². The van der Waals surface area contributed by atoms with Crippen molar-refractivity contribution < 1.29 is 4.52 Å². The van der Waals surface area contributed by atoms with Gasteiger partial charge in [0.1, 0.15) is 17.0 Å². The first-order valence-electron chi connectivity index (χ1n) is 6.91. The van der Waals surface area contributed by atoms with Crippen LogP contribution >= 0.6 is 0 Å². The quantitative estimate of drug-likeness (QED) is 0.764. The van der Waals surface area contributed by atoms with Gasteiger partial charge in [-0.2, -0.15) is 10.1 Å². The minimum absolute atomic E-state index is 0.180. The van der Waals surface area contributed by atoms with Crippen LogP contribution in [-0.2, 0) is 6.42 Å². The molecule has 0 unspecified atom stereocenters. The maximum absolute atomic E-state index is 5.21. The van der Waals surface area contributed by atoms with E-state index in [1.807, 2.05) is 26.8 Å². The second-order valence-electron chi connectivity index (χ2n) is 5.36. The lowest BCUT2D eigenvalue weighted by Gasteiger charge is -2.14. The van der Waals surface area contributed by atoms with Crippen molar-refractivity contribution in [3.8, 4) is 0 Å². The van der Waals surface area contributed by atoms with E-state index in [9.17, 15) is 0 Å². The van der Waals surface area contributed by atoms with Crippen LogP contribution in [0.1, 0.15) is 29.8 Å². The summed E-state index contributed by atoms with van der Waals surface area (Å²) in [6, 6.07) is 2.23. The standard InChI is InChI=1S/C14H18N6O/c1-7(5-11-6-8(2)18-19-11)15-13-12-9(3)20-21-14(12)17-10(4)16-13/h6-7H,5H2,1-4H3,(H,18,19)(H,15,16,17)/t7-/m0/s1. The molecule has 0 bridgehead atoms. The molecule has 7 heteroatoms. The van der Waals surface area contributed by atoms with Crippen LogP contribution in [0.5, 0.6) is 0 Å². The topological polar surface area (TPSA) is 92.5 Å². The number of rotatable bonds is 4. The number of hydrogen-bond acceptors (Lipinski definition) is 6. The smallest absolute Gasteiger partial charge is 0.263 e. The number of aryl methyl sites for hydroxylation is 3. The van der Waals surface area contributed by atoms with Gasteiger partial charge in [-0.1, -0.05) is 5.16 Å². The molecule has 0 saturated carbocycles. The van der Waals surface area contributed by atoms with Crippen LogP contribution in [-0.4, -0.2) is 31.4 Å². The number of anilines is 1. The molecule has 7 nitrogen and oxygen atoms in total. The molecule has 0 aromatic carbocycles. The van der Waals surface area contributed by atoms with Gasteiger partial charge in [0, 0.05) is 18.2 Å². The van der Waals surface area contributed by atoms with Crippen molar-refractivity contribution in [1.29, 1.82) is 0 Å². The van der Waals surface area contributed by atoms with Crippen molar-refractivity contribution >= 4 is 16.9 Å². The Kier molecular flexibility index (Phi) is 3.32. The lowest BCUT2D eigenvalue weighted by atomic mass is 10.1. The van der Waals surface area contributed by atoms with Crippen LogP contribution in [0.4, 0.5) is 5.82 Å². The Bertz CT molecular complexity index is 775. The highest BCUT2D eigenvalue weighted by atomic mass is 16.5. The number of fused-ring (bicyclic) bond motifs is 1. The van der Waals surface area contributed by atoms with Gasteiger partial charge < -0.3 is 9.84 Å². The van der Waals surface area contributed by atoms with Crippen LogP contribution in [0, 0.1) is 20.8 Å². The molecule has 3 aromatic heterocycles. The van der Waals surface area contributed by atoms with Crippen LogP contribution < -0.4 is 5.32 Å². The van der Waals surface area contributed by atoms with Gasteiger partial charge in [0.25, 0.3) is 5.71 Å². The summed E-state index contributed by atoms with van der Waals surface area (Å²) in [5.74, 6) is 1.42. The molecule has 2 N–H and O–H groups in total. The summed E-state index contributed by atoms with van der Waals surface area (Å²) in [7, 11) is 0. The van der Waals surface area contributed by atoms with E-state index in [-0.39, 0.29) is 6.04 Å². The van der Waals surface area contributed by atoms with Crippen molar-refractivity contribution in [1.82, 2.24) is 25.3 Å². The summed E-state index contributed by atoms with van der Waals surface area (Å²) in [4.78, 5) is 8.72. The second kappa shape index (κ2) is 5.16. The fraction of sp³-hybridized carbons (Fsp3) is 0.429. The predicted octanol–water partition coefficient (Wildman–Crippen LogP) is 2.31. The monoisotopic (exact) mass is 286 g/mol. The zero-order valence-corrected chi connectivity index (χ0v) is 12.6. The molecule has 110 valence electrons. The van der Waals surface area contributed by atoms with Gasteiger partial charge in [0.15, 0.2) is 0 Å². The Morgan fingerprint density at radius 2 is 2.10 bits per heavy atom. The Morgan fingerprint density at radius 1 is 1.29 bits per heavy atom. The largest absolute Gasteiger partial charge is 0.366 e. The summed E-state index contributed by atoms with van der Waals surface area (Å²) in [5.41, 5.74) is 3.39. The molecule has 0 fully saturated rings. The summed E-state index contributed by atoms with van der Waals surface area (Å²) in [6.07, 6.45) is 0.805. The SMILES string of the molecule is Cc1nc(N[C@@H](C)Cc2cc(C)[nH]n2)c2c(C)noc2n1. The van der Waals surface area contributed by atoms with Crippen LogP contribution in [0.25, 0.3) is 11.1 Å². The first-order chi connectivity index (χ1) is 10.0. The van der Waals surface area contributed by atoms with E-state index in [1.165, 1.54) is 0 Å². The van der Waals surface area contributed by atoms with Gasteiger partial charge >= 0.3 is 0 Å². The van der Waals surface area contributed by atoms with Gasteiger partial charge in [-0.25, -0.2) is 4.98 Å².